The summed E-state index contributed by atoms with van der Waals surface area (Å²) in [6.45, 7) is 3.68. The molecule has 2 aliphatic rings. The molecule has 37 heavy (non-hydrogen) atoms. The Balaban J connectivity index is 1.57. The van der Waals surface area contributed by atoms with Gasteiger partial charge in [-0.1, -0.05) is 29.4 Å². The number of hydrogen-bond donors (Lipinski definition) is 2. The maximum Gasteiger partial charge on any atom is 0.255 e. The van der Waals surface area contributed by atoms with E-state index < -0.39 is 44.0 Å². The van der Waals surface area contributed by atoms with Crippen LogP contribution >= 0.6 is 11.6 Å². The maximum absolute atomic E-state index is 13.7. The highest BCUT2D eigenvalue weighted by Crippen LogP contribution is 2.51. The molecular weight excluding hydrogens is 533 g/mol. The van der Waals surface area contributed by atoms with Gasteiger partial charge in [0.25, 0.3) is 5.91 Å². The lowest BCUT2D eigenvalue weighted by Crippen LogP contribution is -2.47. The molecule has 4 rings (SSSR count). The molecule has 2 aromatic carbocycles. The topological polar surface area (TPSA) is 105 Å². The van der Waals surface area contributed by atoms with Crippen LogP contribution in [0.2, 0.25) is 5.02 Å². The summed E-state index contributed by atoms with van der Waals surface area (Å²) >= 11 is 6.25. The molecule has 1 amide bonds. The van der Waals surface area contributed by atoms with E-state index in [0.717, 1.165) is 6.07 Å². The number of nitrogens with one attached hydrogen (secondary N) is 1. The highest BCUT2D eigenvalue weighted by Gasteiger charge is 2.54. The second-order valence-corrected chi connectivity index (χ2v) is 11.8. The predicted octanol–water partition coefficient (Wildman–Crippen LogP) is 4.89. The van der Waals surface area contributed by atoms with Gasteiger partial charge in [0, 0.05) is 23.4 Å². The third-order valence-corrected chi connectivity index (χ3v) is 9.61. The van der Waals surface area contributed by atoms with Crippen LogP contribution in [0, 0.1) is 29.3 Å². The van der Waals surface area contributed by atoms with E-state index in [9.17, 15) is 31.5 Å². The lowest BCUT2D eigenvalue weighted by Gasteiger charge is -2.38. The van der Waals surface area contributed by atoms with Crippen molar-refractivity contribution in [2.45, 2.75) is 41.4 Å². The van der Waals surface area contributed by atoms with E-state index in [2.05, 4.69) is 17.1 Å². The van der Waals surface area contributed by atoms with Gasteiger partial charge in [-0.3, -0.25) is 4.79 Å². The van der Waals surface area contributed by atoms with Crippen molar-refractivity contribution in [2.24, 2.45) is 17.0 Å². The summed E-state index contributed by atoms with van der Waals surface area (Å²) in [7, 11) is -4.04. The number of oxime groups is 1. The van der Waals surface area contributed by atoms with Gasteiger partial charge in [-0.25, -0.2) is 21.6 Å². The minimum absolute atomic E-state index is 0.0879. The van der Waals surface area contributed by atoms with Gasteiger partial charge in [0.15, 0.2) is 27.3 Å². The Morgan fingerprint density at radius 1 is 1.19 bits per heavy atom. The number of aliphatic hydroxyl groups is 1. The molecular formula is C25H24ClF3N2O5S. The number of anilines is 1. The van der Waals surface area contributed by atoms with E-state index >= 15 is 0 Å². The average molecular weight is 557 g/mol. The van der Waals surface area contributed by atoms with Crippen molar-refractivity contribution in [1.82, 2.24) is 0 Å². The van der Waals surface area contributed by atoms with Gasteiger partial charge < -0.3 is 15.3 Å². The monoisotopic (exact) mass is 556 g/mol. The van der Waals surface area contributed by atoms with Crippen LogP contribution in [-0.2, 0) is 14.7 Å². The first-order valence-corrected chi connectivity index (χ1v) is 13.4. The summed E-state index contributed by atoms with van der Waals surface area (Å²) in [5.74, 6) is -6.27. The Kier molecular flexibility index (Phi) is 7.68. The number of rotatable bonds is 8. The summed E-state index contributed by atoms with van der Waals surface area (Å²) in [4.78, 5) is 17.4. The number of sulfone groups is 1. The summed E-state index contributed by atoms with van der Waals surface area (Å²) in [6.07, 6.45) is 4.28. The summed E-state index contributed by atoms with van der Waals surface area (Å²) in [5.41, 5.74) is -1.78. The molecule has 0 heterocycles. The molecule has 7 nitrogen and oxygen atoms in total. The normalized spacial score (nSPS) is 25.3. The number of amides is 1. The number of nitrogens with zero attached hydrogens (tertiary/aromatic N) is 1. The molecule has 2 unspecified atom stereocenters. The number of hydrogen-bond acceptors (Lipinski definition) is 6. The van der Waals surface area contributed by atoms with E-state index in [-0.39, 0.29) is 52.5 Å². The molecule has 2 saturated carbocycles. The number of fused-ring (bicyclic) bond motifs is 2. The summed E-state index contributed by atoms with van der Waals surface area (Å²) in [5, 5.41) is 16.0. The lowest BCUT2D eigenvalue weighted by molar-refractivity contribution is 0.0431. The number of halogens is 4. The van der Waals surface area contributed by atoms with Crippen molar-refractivity contribution in [2.75, 3.05) is 11.9 Å². The van der Waals surface area contributed by atoms with Crippen molar-refractivity contribution >= 4 is 39.2 Å². The van der Waals surface area contributed by atoms with Crippen molar-refractivity contribution in [3.8, 4) is 0 Å². The molecule has 0 spiro atoms. The van der Waals surface area contributed by atoms with Crippen LogP contribution in [0.15, 0.2) is 53.0 Å². The molecule has 198 valence electrons. The molecule has 2 N–H and O–H groups in total. The zero-order valence-corrected chi connectivity index (χ0v) is 21.0. The molecule has 0 aliphatic heterocycles. The Hall–Kier alpha value is -2.89. The minimum atomic E-state index is -4.04. The smallest absolute Gasteiger partial charge is 0.255 e. The molecule has 0 radical (unpaired) electrons. The fourth-order valence-corrected chi connectivity index (χ4v) is 8.10. The van der Waals surface area contributed by atoms with E-state index in [4.69, 9.17) is 16.4 Å². The fraction of sp³-hybridized carbons (Fsp3) is 0.360. The first kappa shape index (κ1) is 27.2. The molecule has 2 aliphatic carbocycles. The van der Waals surface area contributed by atoms with Gasteiger partial charge in [-0.05, 0) is 55.7 Å². The van der Waals surface area contributed by atoms with E-state index in [1.807, 2.05) is 0 Å². The first-order valence-electron chi connectivity index (χ1n) is 11.4. The third kappa shape index (κ3) is 5.53. The van der Waals surface area contributed by atoms with Crippen molar-refractivity contribution in [1.29, 1.82) is 0 Å². The summed E-state index contributed by atoms with van der Waals surface area (Å²) < 4.78 is 67.7. The minimum Gasteiger partial charge on any atom is -0.392 e. The maximum atomic E-state index is 13.7. The molecule has 2 fully saturated rings. The van der Waals surface area contributed by atoms with Gasteiger partial charge in [0.1, 0.15) is 12.2 Å². The SMILES string of the molecule is C=CCO/N=C/[C@]1(O)CC2CC[C@@H](C1)C2S(=O)(=O)c1cc(C(=O)Nc2cc(F)c(F)c(F)c2)ccc1Cl. The van der Waals surface area contributed by atoms with Crippen LogP contribution in [0.25, 0.3) is 0 Å². The van der Waals surface area contributed by atoms with Crippen LogP contribution in [0.3, 0.4) is 0 Å². The Bertz CT molecular complexity index is 1330. The average Bonchev–Trinajstić information content (AvgIpc) is 3.13. The van der Waals surface area contributed by atoms with E-state index in [1.165, 1.54) is 24.4 Å². The molecule has 0 aromatic heterocycles. The second kappa shape index (κ2) is 10.5. The molecule has 4 atom stereocenters. The predicted molar refractivity (Wildman–Crippen MR) is 132 cm³/mol. The van der Waals surface area contributed by atoms with Crippen LogP contribution in [0.4, 0.5) is 18.9 Å². The van der Waals surface area contributed by atoms with Crippen LogP contribution in [0.1, 0.15) is 36.0 Å². The van der Waals surface area contributed by atoms with Gasteiger partial charge in [-0.15, -0.1) is 0 Å². The van der Waals surface area contributed by atoms with E-state index in [1.54, 1.807) is 0 Å². The van der Waals surface area contributed by atoms with Gasteiger partial charge in [0.05, 0.1) is 21.4 Å². The Morgan fingerprint density at radius 3 is 2.41 bits per heavy atom. The highest BCUT2D eigenvalue weighted by molar-refractivity contribution is 7.92. The molecule has 2 bridgehead atoms. The summed E-state index contributed by atoms with van der Waals surface area (Å²) in [6, 6.07) is 4.84. The zero-order valence-electron chi connectivity index (χ0n) is 19.5. The van der Waals surface area contributed by atoms with Crippen molar-refractivity contribution in [3.05, 3.63) is 71.0 Å². The molecule has 0 saturated heterocycles. The fourth-order valence-electron chi connectivity index (χ4n) is 5.25. The van der Waals surface area contributed by atoms with Gasteiger partial charge >= 0.3 is 0 Å². The van der Waals surface area contributed by atoms with Crippen molar-refractivity contribution in [3.63, 3.8) is 0 Å². The third-order valence-electron chi connectivity index (χ3n) is 6.73. The Labute approximate surface area is 216 Å². The van der Waals surface area contributed by atoms with Crippen LogP contribution in [0.5, 0.6) is 0 Å². The van der Waals surface area contributed by atoms with Crippen molar-refractivity contribution < 1.29 is 36.3 Å². The van der Waals surface area contributed by atoms with E-state index in [0.29, 0.717) is 25.0 Å². The second-order valence-electron chi connectivity index (χ2n) is 9.29. The van der Waals surface area contributed by atoms with Gasteiger partial charge in [-0.2, -0.15) is 0 Å². The largest absolute Gasteiger partial charge is 0.392 e. The Morgan fingerprint density at radius 2 is 1.81 bits per heavy atom. The highest BCUT2D eigenvalue weighted by atomic mass is 35.5. The van der Waals surface area contributed by atoms with Crippen LogP contribution < -0.4 is 5.32 Å². The quantitative estimate of drug-likeness (QED) is 0.158. The number of benzene rings is 2. The first-order chi connectivity index (χ1) is 17.4. The molecule has 2 aromatic rings. The van der Waals surface area contributed by atoms with Gasteiger partial charge in [0.2, 0.25) is 0 Å². The zero-order chi connectivity index (χ0) is 27.0. The lowest BCUT2D eigenvalue weighted by atomic mass is 9.78. The number of carbonyl (C=O) groups is 1. The number of carbonyl (C=O) groups excluding carboxylic acids is 1. The standard InChI is InChI=1S/C25H24ClF3N2O5S/c1-2-7-36-30-13-25(33)11-15-3-4-16(12-25)23(15)37(34,35)21-8-14(5-6-18(21)26)24(32)31-17-9-19(27)22(29)20(28)10-17/h2,5-6,8-10,13,15-16,23,33H,1,3-4,7,11-12H2,(H,31,32)/b30-13+/t15-,16?,23?,25+/m0/s1. The van der Waals surface area contributed by atoms with Crippen LogP contribution in [-0.4, -0.2) is 43.1 Å². The molecule has 12 heteroatoms.